The van der Waals surface area contributed by atoms with Gasteiger partial charge in [-0.1, -0.05) is 11.8 Å². The molecule has 19 heteroatoms. The van der Waals surface area contributed by atoms with Crippen molar-refractivity contribution in [2.45, 2.75) is 19.6 Å². The number of rotatable bonds is 10. The fourth-order valence-corrected chi connectivity index (χ4v) is 5.91. The molecular weight excluding hydrogens is 657 g/mol. The summed E-state index contributed by atoms with van der Waals surface area (Å²) in [5, 5.41) is 52.6. The van der Waals surface area contributed by atoms with Crippen molar-refractivity contribution in [2.24, 2.45) is 20.5 Å². The van der Waals surface area contributed by atoms with Gasteiger partial charge in [-0.2, -0.15) is 27.1 Å². The SMILES string of the molecule is O=C(O)c1cc(N=Nc2ccc(Sc3ccc(N=Nc4ccc(O)c(C(=O)O)c4)c(S(=O)(=O)O)c3)cc2S(=O)(=O)O)ccc1O. The number of phenols is 2. The molecule has 0 radical (unpaired) electrons. The van der Waals surface area contributed by atoms with Crippen LogP contribution < -0.4 is 0 Å². The van der Waals surface area contributed by atoms with Crippen LogP contribution in [0.2, 0.25) is 0 Å². The van der Waals surface area contributed by atoms with Gasteiger partial charge in [-0.05, 0) is 72.8 Å². The Morgan fingerprint density at radius 1 is 0.556 bits per heavy atom. The minimum atomic E-state index is -4.88. The number of carbonyl (C=O) groups is 2. The van der Waals surface area contributed by atoms with E-state index in [4.69, 9.17) is 10.2 Å². The Hall–Kier alpha value is -5.21. The Labute approximate surface area is 257 Å². The molecule has 0 aliphatic carbocycles. The Morgan fingerprint density at radius 3 is 1.27 bits per heavy atom. The average molecular weight is 675 g/mol. The van der Waals surface area contributed by atoms with Crippen molar-refractivity contribution in [3.8, 4) is 11.5 Å². The van der Waals surface area contributed by atoms with E-state index in [2.05, 4.69) is 20.5 Å². The topological polar surface area (TPSA) is 273 Å². The quantitative estimate of drug-likeness (QED) is 0.0836. The number of azo groups is 2. The highest BCUT2D eigenvalue weighted by Gasteiger charge is 2.20. The van der Waals surface area contributed by atoms with Gasteiger partial charge in [-0.25, -0.2) is 9.59 Å². The number of nitrogens with zero attached hydrogens (tertiary/aromatic N) is 4. The predicted octanol–water partition coefficient (Wildman–Crippen LogP) is 5.97. The van der Waals surface area contributed by atoms with E-state index in [1.54, 1.807) is 0 Å². The zero-order valence-electron chi connectivity index (χ0n) is 22.1. The van der Waals surface area contributed by atoms with Crippen molar-refractivity contribution in [2.75, 3.05) is 0 Å². The maximum absolute atomic E-state index is 12.1. The second-order valence-electron chi connectivity index (χ2n) is 8.72. The fourth-order valence-electron chi connectivity index (χ4n) is 3.57. The first-order valence-electron chi connectivity index (χ1n) is 11.9. The van der Waals surface area contributed by atoms with Gasteiger partial charge in [0, 0.05) is 9.79 Å². The molecule has 0 aromatic heterocycles. The van der Waals surface area contributed by atoms with E-state index in [0.717, 1.165) is 48.2 Å². The molecule has 0 aliphatic rings. The lowest BCUT2D eigenvalue weighted by molar-refractivity contribution is 0.0682. The summed E-state index contributed by atoms with van der Waals surface area (Å²) in [5.74, 6) is -3.93. The highest BCUT2D eigenvalue weighted by molar-refractivity contribution is 7.99. The van der Waals surface area contributed by atoms with Gasteiger partial charge < -0.3 is 20.4 Å². The summed E-state index contributed by atoms with van der Waals surface area (Å²) in [6.45, 7) is 0. The van der Waals surface area contributed by atoms with Gasteiger partial charge in [0.1, 0.15) is 43.8 Å². The zero-order chi connectivity index (χ0) is 33.1. The molecule has 16 nitrogen and oxygen atoms in total. The van der Waals surface area contributed by atoms with E-state index in [-0.39, 0.29) is 32.5 Å². The molecule has 4 aromatic carbocycles. The standard InChI is InChI=1S/C26H18N4O12S3/c31-21-7-1-13(9-17(21)25(33)34)27-29-19-5-3-15(11-23(19)44(37,38)39)43-16-4-6-20(24(12-16)45(40,41)42)30-28-14-2-8-22(32)18(10-14)26(35)36/h1-12,31-32H,(H,33,34)(H,35,36)(H,37,38,39)(H,40,41,42). The molecule has 0 atom stereocenters. The summed E-state index contributed by atoms with van der Waals surface area (Å²) in [4.78, 5) is 21.4. The smallest absolute Gasteiger partial charge is 0.339 e. The number of hydrogen-bond donors (Lipinski definition) is 6. The number of benzene rings is 4. The van der Waals surface area contributed by atoms with Crippen LogP contribution >= 0.6 is 11.8 Å². The molecule has 0 fully saturated rings. The van der Waals surface area contributed by atoms with Crippen LogP contribution in [0, 0.1) is 0 Å². The van der Waals surface area contributed by atoms with E-state index >= 15 is 0 Å². The highest BCUT2D eigenvalue weighted by atomic mass is 32.2. The molecule has 0 unspecified atom stereocenters. The van der Waals surface area contributed by atoms with Crippen LogP contribution in [0.25, 0.3) is 0 Å². The fraction of sp³-hybridized carbons (Fsp3) is 0. The third kappa shape index (κ3) is 8.04. The second kappa shape index (κ2) is 12.8. The number of aromatic carboxylic acids is 2. The van der Waals surface area contributed by atoms with Crippen LogP contribution in [-0.4, -0.2) is 58.3 Å². The van der Waals surface area contributed by atoms with Crippen molar-refractivity contribution < 1.29 is 56.0 Å². The monoisotopic (exact) mass is 674 g/mol. The first-order valence-corrected chi connectivity index (χ1v) is 15.6. The zero-order valence-corrected chi connectivity index (χ0v) is 24.5. The molecule has 0 heterocycles. The van der Waals surface area contributed by atoms with E-state index < -0.39 is 64.6 Å². The molecule has 4 aromatic rings. The third-order valence-corrected chi connectivity index (χ3v) is 8.37. The highest BCUT2D eigenvalue weighted by Crippen LogP contribution is 2.38. The predicted molar refractivity (Wildman–Crippen MR) is 155 cm³/mol. The molecule has 0 aliphatic heterocycles. The van der Waals surface area contributed by atoms with Crippen LogP contribution in [0.5, 0.6) is 11.5 Å². The molecule has 0 spiro atoms. The molecule has 232 valence electrons. The Balaban J connectivity index is 1.66. The number of hydrogen-bond acceptors (Lipinski definition) is 13. The lowest BCUT2D eigenvalue weighted by Crippen LogP contribution is -1.99. The van der Waals surface area contributed by atoms with Gasteiger partial charge in [-0.15, -0.1) is 10.2 Å². The van der Waals surface area contributed by atoms with Crippen molar-refractivity contribution >= 4 is 66.7 Å². The number of aromatic hydroxyl groups is 2. The van der Waals surface area contributed by atoms with Gasteiger partial charge in [-0.3, -0.25) is 9.11 Å². The van der Waals surface area contributed by atoms with E-state index in [0.29, 0.717) is 0 Å². The van der Waals surface area contributed by atoms with Crippen LogP contribution in [0.4, 0.5) is 22.7 Å². The molecular formula is C26H18N4O12S3. The maximum atomic E-state index is 12.1. The van der Waals surface area contributed by atoms with Crippen LogP contribution in [-0.2, 0) is 20.2 Å². The largest absolute Gasteiger partial charge is 0.507 e. The molecule has 0 saturated heterocycles. The Kier molecular flexibility index (Phi) is 9.30. The van der Waals surface area contributed by atoms with Gasteiger partial charge in [0.2, 0.25) is 0 Å². The van der Waals surface area contributed by atoms with Crippen molar-refractivity contribution in [3.05, 3.63) is 83.9 Å². The summed E-state index contributed by atoms with van der Waals surface area (Å²) in [7, 11) is -9.76. The average Bonchev–Trinajstić information content (AvgIpc) is 2.95. The lowest BCUT2D eigenvalue weighted by atomic mass is 10.2. The first kappa shape index (κ1) is 32.7. The van der Waals surface area contributed by atoms with Crippen LogP contribution in [0.3, 0.4) is 0 Å². The van der Waals surface area contributed by atoms with Crippen molar-refractivity contribution in [3.63, 3.8) is 0 Å². The summed E-state index contributed by atoms with van der Waals surface area (Å²) >= 11 is 0.826. The van der Waals surface area contributed by atoms with Crippen molar-refractivity contribution in [1.82, 2.24) is 0 Å². The summed E-state index contributed by atoms with van der Waals surface area (Å²) in [6, 6.07) is 13.6. The second-order valence-corrected chi connectivity index (χ2v) is 12.7. The van der Waals surface area contributed by atoms with Gasteiger partial charge >= 0.3 is 11.9 Å². The van der Waals surface area contributed by atoms with Crippen molar-refractivity contribution in [1.29, 1.82) is 0 Å². The van der Waals surface area contributed by atoms with Gasteiger partial charge in [0.25, 0.3) is 20.2 Å². The summed E-state index contributed by atoms with van der Waals surface area (Å²) in [5.41, 5.74) is -1.71. The van der Waals surface area contributed by atoms with Crippen LogP contribution in [0.15, 0.2) is 113 Å². The van der Waals surface area contributed by atoms with E-state index in [9.17, 15) is 45.7 Å². The first-order chi connectivity index (χ1) is 21.0. The summed E-state index contributed by atoms with van der Waals surface area (Å²) in [6.07, 6.45) is 0. The number of carboxylic acid groups (broad SMARTS) is 2. The van der Waals surface area contributed by atoms with E-state index in [1.165, 1.54) is 36.4 Å². The van der Waals surface area contributed by atoms with E-state index in [1.807, 2.05) is 0 Å². The normalized spacial score (nSPS) is 12.1. The minimum absolute atomic E-state index is 0.0485. The minimum Gasteiger partial charge on any atom is -0.507 e. The Bertz CT molecular complexity index is 1980. The molecule has 4 rings (SSSR count). The lowest BCUT2D eigenvalue weighted by Gasteiger charge is -2.08. The third-order valence-electron chi connectivity index (χ3n) is 5.62. The molecule has 0 bridgehead atoms. The molecule has 0 amide bonds. The van der Waals surface area contributed by atoms with Gasteiger partial charge in [0.15, 0.2) is 0 Å². The summed E-state index contributed by atoms with van der Waals surface area (Å²) < 4.78 is 68.0. The molecule has 45 heavy (non-hydrogen) atoms. The maximum Gasteiger partial charge on any atom is 0.339 e. The molecule has 0 saturated carbocycles. The molecule has 6 N–H and O–H groups in total. The number of carboxylic acids is 2. The van der Waals surface area contributed by atoms with Gasteiger partial charge in [0.05, 0.1) is 11.4 Å². The Morgan fingerprint density at radius 2 is 0.933 bits per heavy atom. The van der Waals surface area contributed by atoms with Crippen LogP contribution in [0.1, 0.15) is 20.7 Å².